The molecule has 0 saturated heterocycles. The molecule has 2 unspecified atom stereocenters. The Labute approximate surface area is 232 Å². The average Bonchev–Trinajstić information content (AvgIpc) is 2.82. The number of hydrogen-bond donors (Lipinski definition) is 2. The topological polar surface area (TPSA) is 87.7 Å². The van der Waals surface area contributed by atoms with Crippen LogP contribution in [-0.2, 0) is 14.3 Å². The van der Waals surface area contributed by atoms with E-state index >= 15 is 0 Å². The van der Waals surface area contributed by atoms with Crippen molar-refractivity contribution in [2.45, 2.75) is 91.0 Å². The zero-order valence-corrected chi connectivity index (χ0v) is 23.9. The smallest absolute Gasteiger partial charge is 0.408 e. The summed E-state index contributed by atoms with van der Waals surface area (Å²) in [6.45, 7) is 11.2. The molecule has 7 nitrogen and oxygen atoms in total. The summed E-state index contributed by atoms with van der Waals surface area (Å²) >= 11 is 0. The van der Waals surface area contributed by atoms with E-state index < -0.39 is 23.8 Å². The van der Waals surface area contributed by atoms with E-state index in [0.717, 1.165) is 24.8 Å². The lowest BCUT2D eigenvalue weighted by Crippen LogP contribution is -2.57. The van der Waals surface area contributed by atoms with Crippen molar-refractivity contribution in [1.29, 1.82) is 0 Å². The molecule has 0 aliphatic heterocycles. The SMILES string of the molecule is C#Cc1ccccc1C(C(=O)Nc1ccccc1C)N(C(=O)C(CC(C)C)NC(=O)OC(C)(C)C)C1CCC1. The van der Waals surface area contributed by atoms with E-state index in [4.69, 9.17) is 11.2 Å². The lowest BCUT2D eigenvalue weighted by atomic mass is 9.86. The highest BCUT2D eigenvalue weighted by Gasteiger charge is 2.42. The minimum absolute atomic E-state index is 0.106. The molecule has 3 amide bonds. The number of benzene rings is 2. The van der Waals surface area contributed by atoms with Crippen LogP contribution in [0.5, 0.6) is 0 Å². The van der Waals surface area contributed by atoms with E-state index in [-0.39, 0.29) is 23.8 Å². The third-order valence-corrected chi connectivity index (χ3v) is 6.76. The number of ether oxygens (including phenoxy) is 1. The Kier molecular flexibility index (Phi) is 9.80. The summed E-state index contributed by atoms with van der Waals surface area (Å²) in [6, 6.07) is 12.7. The highest BCUT2D eigenvalue weighted by Crippen LogP contribution is 2.36. The number of hydrogen-bond acceptors (Lipinski definition) is 4. The summed E-state index contributed by atoms with van der Waals surface area (Å²) in [7, 11) is 0. The number of carbonyl (C=O) groups excluding carboxylic acids is 3. The standard InChI is InChI=1S/C32H41N3O4/c1-8-23-15-10-11-18-25(23)28(29(36)33-26-19-12-9-14-22(26)4)35(24-16-13-17-24)30(37)27(20-21(2)3)34-31(38)39-32(5,6)7/h1,9-12,14-15,18-19,21,24,27-28H,13,16-17,20H2,2-7H3,(H,33,36)(H,34,38). The highest BCUT2D eigenvalue weighted by molar-refractivity contribution is 6.00. The Morgan fingerprint density at radius 2 is 1.72 bits per heavy atom. The van der Waals surface area contributed by atoms with Crippen molar-refractivity contribution in [2.75, 3.05) is 5.32 Å². The molecule has 2 atom stereocenters. The van der Waals surface area contributed by atoms with Crippen LogP contribution in [0.25, 0.3) is 0 Å². The number of aryl methyl sites for hydroxylation is 1. The van der Waals surface area contributed by atoms with Gasteiger partial charge < -0.3 is 20.3 Å². The van der Waals surface area contributed by atoms with Gasteiger partial charge in [-0.25, -0.2) is 4.79 Å². The summed E-state index contributed by atoms with van der Waals surface area (Å²) in [4.78, 5) is 42.9. The van der Waals surface area contributed by atoms with Crippen LogP contribution in [0.4, 0.5) is 10.5 Å². The number of nitrogens with zero attached hydrogens (tertiary/aromatic N) is 1. The van der Waals surface area contributed by atoms with Gasteiger partial charge in [0.1, 0.15) is 17.7 Å². The van der Waals surface area contributed by atoms with Gasteiger partial charge in [-0.1, -0.05) is 56.2 Å². The van der Waals surface area contributed by atoms with Crippen LogP contribution in [0.3, 0.4) is 0 Å². The minimum atomic E-state index is -0.982. The Bertz CT molecular complexity index is 1220. The van der Waals surface area contributed by atoms with E-state index in [9.17, 15) is 14.4 Å². The molecule has 0 radical (unpaired) electrons. The van der Waals surface area contributed by atoms with Gasteiger partial charge in [0.15, 0.2) is 0 Å². The van der Waals surface area contributed by atoms with Crippen LogP contribution < -0.4 is 10.6 Å². The summed E-state index contributed by atoms with van der Waals surface area (Å²) in [5.41, 5.74) is 1.97. The first kappa shape index (κ1) is 29.8. The maximum atomic E-state index is 14.4. The summed E-state index contributed by atoms with van der Waals surface area (Å²) in [5, 5.41) is 5.83. The fraction of sp³-hybridized carbons (Fsp3) is 0.469. The Morgan fingerprint density at radius 1 is 1.08 bits per heavy atom. The molecular weight excluding hydrogens is 490 g/mol. The molecule has 7 heteroatoms. The monoisotopic (exact) mass is 531 g/mol. The van der Waals surface area contributed by atoms with Crippen molar-refractivity contribution in [1.82, 2.24) is 10.2 Å². The van der Waals surface area contributed by atoms with Gasteiger partial charge in [-0.05, 0) is 82.6 Å². The number of carbonyl (C=O) groups is 3. The van der Waals surface area contributed by atoms with Gasteiger partial charge in [-0.2, -0.15) is 0 Å². The lowest BCUT2D eigenvalue weighted by molar-refractivity contribution is -0.146. The number of terminal acetylenes is 1. The zero-order chi connectivity index (χ0) is 28.7. The second kappa shape index (κ2) is 12.8. The second-order valence-electron chi connectivity index (χ2n) is 11.6. The quantitative estimate of drug-likeness (QED) is 0.390. The third kappa shape index (κ3) is 7.86. The minimum Gasteiger partial charge on any atom is -0.444 e. The van der Waals surface area contributed by atoms with Gasteiger partial charge in [0.05, 0.1) is 0 Å². The van der Waals surface area contributed by atoms with Crippen LogP contribution in [0.15, 0.2) is 48.5 Å². The highest BCUT2D eigenvalue weighted by atomic mass is 16.6. The Balaban J connectivity index is 2.08. The molecule has 1 aliphatic rings. The van der Waals surface area contributed by atoms with Gasteiger partial charge in [-0.3, -0.25) is 9.59 Å². The fourth-order valence-electron chi connectivity index (χ4n) is 4.70. The van der Waals surface area contributed by atoms with Gasteiger partial charge in [0, 0.05) is 17.3 Å². The molecule has 2 aromatic rings. The van der Waals surface area contributed by atoms with Crippen molar-refractivity contribution in [2.24, 2.45) is 5.92 Å². The molecular formula is C32H41N3O4. The molecule has 0 bridgehead atoms. The van der Waals surface area contributed by atoms with Gasteiger partial charge in [0.25, 0.3) is 5.91 Å². The number of para-hydroxylation sites is 1. The lowest BCUT2D eigenvalue weighted by Gasteiger charge is -2.44. The number of alkyl carbamates (subject to hydrolysis) is 1. The number of rotatable bonds is 9. The Morgan fingerprint density at radius 3 is 2.28 bits per heavy atom. The van der Waals surface area contributed by atoms with E-state index in [1.54, 1.807) is 37.8 Å². The maximum absolute atomic E-state index is 14.4. The van der Waals surface area contributed by atoms with E-state index in [0.29, 0.717) is 23.2 Å². The van der Waals surface area contributed by atoms with Crippen LogP contribution in [0.2, 0.25) is 0 Å². The van der Waals surface area contributed by atoms with Crippen molar-refractivity contribution < 1.29 is 19.1 Å². The summed E-state index contributed by atoms with van der Waals surface area (Å²) in [5.74, 6) is 2.12. The summed E-state index contributed by atoms with van der Waals surface area (Å²) < 4.78 is 5.48. The van der Waals surface area contributed by atoms with Crippen LogP contribution in [0, 0.1) is 25.2 Å². The predicted octanol–water partition coefficient (Wildman–Crippen LogP) is 5.98. The molecule has 3 rings (SSSR count). The molecule has 0 spiro atoms. The van der Waals surface area contributed by atoms with Gasteiger partial charge >= 0.3 is 6.09 Å². The Hall–Kier alpha value is -3.79. The number of nitrogens with one attached hydrogen (secondary N) is 2. The van der Waals surface area contributed by atoms with Crippen LogP contribution in [-0.4, -0.2) is 40.5 Å². The average molecular weight is 532 g/mol. The van der Waals surface area contributed by atoms with Gasteiger partial charge in [-0.15, -0.1) is 6.42 Å². The molecule has 2 aromatic carbocycles. The first-order chi connectivity index (χ1) is 18.4. The first-order valence-corrected chi connectivity index (χ1v) is 13.6. The van der Waals surface area contributed by atoms with Crippen molar-refractivity contribution in [3.63, 3.8) is 0 Å². The van der Waals surface area contributed by atoms with Gasteiger partial charge in [0.2, 0.25) is 5.91 Å². The van der Waals surface area contributed by atoms with Crippen molar-refractivity contribution >= 4 is 23.6 Å². The number of anilines is 1. The van der Waals surface area contributed by atoms with Crippen molar-refractivity contribution in [3.05, 3.63) is 65.2 Å². The molecule has 39 heavy (non-hydrogen) atoms. The van der Waals surface area contributed by atoms with Crippen LogP contribution in [0.1, 0.15) is 83.0 Å². The van der Waals surface area contributed by atoms with E-state index in [2.05, 4.69) is 16.6 Å². The summed E-state index contributed by atoms with van der Waals surface area (Å²) in [6.07, 6.45) is 8.06. The largest absolute Gasteiger partial charge is 0.444 e. The fourth-order valence-corrected chi connectivity index (χ4v) is 4.70. The molecule has 2 N–H and O–H groups in total. The second-order valence-corrected chi connectivity index (χ2v) is 11.6. The van der Waals surface area contributed by atoms with E-state index in [1.807, 2.05) is 57.2 Å². The molecule has 1 saturated carbocycles. The van der Waals surface area contributed by atoms with E-state index in [1.165, 1.54) is 0 Å². The predicted molar refractivity (Wildman–Crippen MR) is 154 cm³/mol. The number of amides is 3. The van der Waals surface area contributed by atoms with Crippen molar-refractivity contribution in [3.8, 4) is 12.3 Å². The third-order valence-electron chi connectivity index (χ3n) is 6.76. The normalized spacial score (nSPS) is 14.9. The molecule has 1 aliphatic carbocycles. The van der Waals surface area contributed by atoms with Crippen LogP contribution >= 0.6 is 0 Å². The molecule has 1 fully saturated rings. The molecule has 0 heterocycles. The molecule has 208 valence electrons. The maximum Gasteiger partial charge on any atom is 0.408 e. The zero-order valence-electron chi connectivity index (χ0n) is 23.9. The first-order valence-electron chi connectivity index (χ1n) is 13.6. The molecule has 0 aromatic heterocycles.